The molecule has 4 rings (SSSR count). The van der Waals surface area contributed by atoms with E-state index in [2.05, 4.69) is 9.71 Å². The van der Waals surface area contributed by atoms with Crippen molar-refractivity contribution in [3.05, 3.63) is 56.0 Å². The number of thiophene rings is 1. The van der Waals surface area contributed by atoms with Crippen molar-refractivity contribution in [1.82, 2.24) is 14.3 Å². The van der Waals surface area contributed by atoms with Crippen LogP contribution in [0.3, 0.4) is 0 Å². The molecule has 2 N–H and O–H groups in total. The number of benzene rings is 1. The van der Waals surface area contributed by atoms with Crippen LogP contribution in [0.15, 0.2) is 44.1 Å². The lowest BCUT2D eigenvalue weighted by atomic mass is 10.2. The van der Waals surface area contributed by atoms with Crippen LogP contribution in [0.4, 0.5) is 0 Å². The summed E-state index contributed by atoms with van der Waals surface area (Å²) in [5.41, 5.74) is 0.355. The van der Waals surface area contributed by atoms with Crippen LogP contribution in [0.5, 0.6) is 5.75 Å². The zero-order valence-corrected chi connectivity index (χ0v) is 15.2. The Morgan fingerprint density at radius 1 is 1.27 bits per heavy atom. The fourth-order valence-electron chi connectivity index (χ4n) is 2.88. The monoisotopic (exact) mass is 393 g/mol. The molecule has 3 heterocycles. The number of hydrogen-bond donors (Lipinski definition) is 2. The number of hydrogen-bond acceptors (Lipinski definition) is 6. The normalized spacial score (nSPS) is 13.7. The van der Waals surface area contributed by atoms with Gasteiger partial charge in [-0.1, -0.05) is 0 Å². The van der Waals surface area contributed by atoms with Crippen molar-refractivity contribution in [2.24, 2.45) is 0 Å². The van der Waals surface area contributed by atoms with Gasteiger partial charge in [-0.05, 0) is 35.2 Å². The van der Waals surface area contributed by atoms with Crippen LogP contribution in [-0.2, 0) is 23.0 Å². The van der Waals surface area contributed by atoms with E-state index in [4.69, 9.17) is 4.74 Å². The molecule has 0 atom stereocenters. The van der Waals surface area contributed by atoms with Crippen LogP contribution in [0, 0.1) is 0 Å². The van der Waals surface area contributed by atoms with Crippen molar-refractivity contribution in [2.45, 2.75) is 17.9 Å². The number of sulfonamides is 1. The van der Waals surface area contributed by atoms with E-state index in [0.29, 0.717) is 29.0 Å². The molecule has 1 aliphatic heterocycles. The van der Waals surface area contributed by atoms with Gasteiger partial charge in [0.2, 0.25) is 10.0 Å². The first-order chi connectivity index (χ1) is 12.5. The highest BCUT2D eigenvalue weighted by Gasteiger charge is 2.19. The molecule has 0 saturated heterocycles. The average Bonchev–Trinajstić information content (AvgIpc) is 3.25. The predicted octanol–water partition coefficient (Wildman–Crippen LogP) is 0.665. The number of fused-ring (bicyclic) bond motifs is 2. The summed E-state index contributed by atoms with van der Waals surface area (Å²) in [4.78, 5) is 27.1. The Balaban J connectivity index is 1.52. The molecule has 136 valence electrons. The van der Waals surface area contributed by atoms with Crippen molar-refractivity contribution >= 4 is 31.6 Å². The number of rotatable bonds is 5. The van der Waals surface area contributed by atoms with E-state index in [1.54, 1.807) is 23.6 Å². The zero-order valence-electron chi connectivity index (χ0n) is 13.5. The van der Waals surface area contributed by atoms with E-state index in [9.17, 15) is 18.0 Å². The summed E-state index contributed by atoms with van der Waals surface area (Å²) in [7, 11) is -3.74. The molecular weight excluding hydrogens is 378 g/mol. The number of aromatic amines is 1. The zero-order chi connectivity index (χ0) is 18.3. The summed E-state index contributed by atoms with van der Waals surface area (Å²) in [5.74, 6) is 0.700. The van der Waals surface area contributed by atoms with Crippen molar-refractivity contribution in [3.63, 3.8) is 0 Å². The lowest BCUT2D eigenvalue weighted by molar-refractivity contribution is 0.356. The Morgan fingerprint density at radius 2 is 2.12 bits per heavy atom. The van der Waals surface area contributed by atoms with Gasteiger partial charge in [-0.25, -0.2) is 17.9 Å². The maximum absolute atomic E-state index is 12.4. The maximum atomic E-state index is 12.4. The van der Waals surface area contributed by atoms with Gasteiger partial charge >= 0.3 is 5.69 Å². The minimum Gasteiger partial charge on any atom is -0.493 e. The Bertz CT molecular complexity index is 1210. The average molecular weight is 393 g/mol. The van der Waals surface area contributed by atoms with Crippen LogP contribution in [-0.4, -0.2) is 31.1 Å². The highest BCUT2D eigenvalue weighted by molar-refractivity contribution is 7.89. The van der Waals surface area contributed by atoms with Crippen molar-refractivity contribution in [3.8, 4) is 5.75 Å². The first-order valence-corrected chi connectivity index (χ1v) is 10.3. The van der Waals surface area contributed by atoms with Crippen molar-refractivity contribution < 1.29 is 13.2 Å². The second-order valence-corrected chi connectivity index (χ2v) is 8.50. The van der Waals surface area contributed by atoms with E-state index < -0.39 is 21.3 Å². The van der Waals surface area contributed by atoms with E-state index in [1.807, 2.05) is 0 Å². The Hall–Kier alpha value is -2.43. The predicted molar refractivity (Wildman–Crippen MR) is 97.5 cm³/mol. The first-order valence-electron chi connectivity index (χ1n) is 7.91. The summed E-state index contributed by atoms with van der Waals surface area (Å²) in [5, 5.41) is 1.71. The Kier molecular flexibility index (Phi) is 4.17. The third-order valence-electron chi connectivity index (χ3n) is 4.19. The summed E-state index contributed by atoms with van der Waals surface area (Å²) >= 11 is 1.23. The number of nitrogens with zero attached hydrogens (tertiary/aromatic N) is 1. The molecule has 0 radical (unpaired) electrons. The standard InChI is InChI=1S/C16H15N3O5S2/c20-15-14-12(4-8-25-14)18-16(21)19(15)6-5-17-26(22,23)11-1-2-13-10(9-11)3-7-24-13/h1-2,4,8-9,17H,3,5-7H2,(H,18,21). The van der Waals surface area contributed by atoms with Crippen LogP contribution in [0.25, 0.3) is 10.2 Å². The maximum Gasteiger partial charge on any atom is 0.328 e. The van der Waals surface area contributed by atoms with Gasteiger partial charge in [0.25, 0.3) is 5.56 Å². The lowest BCUT2D eigenvalue weighted by Crippen LogP contribution is -2.38. The van der Waals surface area contributed by atoms with Crippen molar-refractivity contribution in [2.75, 3.05) is 13.2 Å². The van der Waals surface area contributed by atoms with Gasteiger partial charge in [0.15, 0.2) is 0 Å². The molecule has 8 nitrogen and oxygen atoms in total. The third-order valence-corrected chi connectivity index (χ3v) is 6.55. The van der Waals surface area contributed by atoms with Gasteiger partial charge in [-0.15, -0.1) is 11.3 Å². The van der Waals surface area contributed by atoms with Crippen LogP contribution < -0.4 is 20.7 Å². The molecule has 1 aliphatic rings. The Labute approximate surface area is 152 Å². The summed E-state index contributed by atoms with van der Waals surface area (Å²) in [6.07, 6.45) is 0.671. The van der Waals surface area contributed by atoms with E-state index in [0.717, 1.165) is 10.1 Å². The first kappa shape index (κ1) is 17.0. The highest BCUT2D eigenvalue weighted by atomic mass is 32.2. The third kappa shape index (κ3) is 2.96. The smallest absolute Gasteiger partial charge is 0.328 e. The number of ether oxygens (including phenoxy) is 1. The molecule has 0 bridgehead atoms. The minimum atomic E-state index is -3.74. The van der Waals surface area contributed by atoms with Crippen LogP contribution in [0.2, 0.25) is 0 Å². The molecular formula is C16H15N3O5S2. The van der Waals surface area contributed by atoms with E-state index >= 15 is 0 Å². The number of aromatic nitrogens is 2. The van der Waals surface area contributed by atoms with Crippen molar-refractivity contribution in [1.29, 1.82) is 0 Å². The molecule has 2 aromatic heterocycles. The Morgan fingerprint density at radius 3 is 2.96 bits per heavy atom. The molecule has 0 amide bonds. The molecule has 0 saturated carbocycles. The molecule has 10 heteroatoms. The summed E-state index contributed by atoms with van der Waals surface area (Å²) in [6, 6.07) is 6.36. The summed E-state index contributed by atoms with van der Waals surface area (Å²) in [6.45, 7) is 0.411. The minimum absolute atomic E-state index is 0.0602. The number of H-pyrrole nitrogens is 1. The van der Waals surface area contributed by atoms with Gasteiger partial charge in [0.1, 0.15) is 10.4 Å². The molecule has 0 unspecified atom stereocenters. The highest BCUT2D eigenvalue weighted by Crippen LogP contribution is 2.27. The summed E-state index contributed by atoms with van der Waals surface area (Å²) < 4.78 is 34.1. The van der Waals surface area contributed by atoms with E-state index in [1.165, 1.54) is 17.4 Å². The topological polar surface area (TPSA) is 110 Å². The fraction of sp³-hybridized carbons (Fsp3) is 0.250. The second-order valence-electron chi connectivity index (χ2n) is 5.82. The quantitative estimate of drug-likeness (QED) is 0.662. The molecule has 0 aliphatic carbocycles. The van der Waals surface area contributed by atoms with Gasteiger partial charge in [-0.2, -0.15) is 0 Å². The second kappa shape index (κ2) is 6.38. The molecule has 1 aromatic carbocycles. The molecule has 3 aromatic rings. The SMILES string of the molecule is O=c1[nH]c2ccsc2c(=O)n1CCNS(=O)(=O)c1ccc2c(c1)CCO2. The van der Waals surface area contributed by atoms with Crippen LogP contribution >= 0.6 is 11.3 Å². The fourth-order valence-corrected chi connectivity index (χ4v) is 4.75. The van der Waals surface area contributed by atoms with Gasteiger partial charge in [0, 0.05) is 19.5 Å². The molecule has 26 heavy (non-hydrogen) atoms. The van der Waals surface area contributed by atoms with Gasteiger partial charge in [0.05, 0.1) is 17.0 Å². The molecule has 0 fully saturated rings. The van der Waals surface area contributed by atoms with Crippen LogP contribution in [0.1, 0.15) is 5.56 Å². The van der Waals surface area contributed by atoms with Gasteiger partial charge < -0.3 is 9.72 Å². The lowest BCUT2D eigenvalue weighted by Gasteiger charge is -2.09. The largest absolute Gasteiger partial charge is 0.493 e. The number of nitrogens with one attached hydrogen (secondary N) is 2. The van der Waals surface area contributed by atoms with E-state index in [-0.39, 0.29) is 18.0 Å². The van der Waals surface area contributed by atoms with Gasteiger partial charge in [-0.3, -0.25) is 9.36 Å². The molecule has 0 spiro atoms.